The number of nitrogens with zero attached hydrogens (tertiary/aromatic N) is 2. The Kier molecular flexibility index (Phi) is 4.73. The molecule has 0 spiro atoms. The lowest BCUT2D eigenvalue weighted by molar-refractivity contribution is -0.137. The molecule has 2 aromatic rings. The van der Waals surface area contributed by atoms with Gasteiger partial charge in [0.25, 0.3) is 5.91 Å². The van der Waals surface area contributed by atoms with Gasteiger partial charge in [-0.05, 0) is 50.1 Å². The second-order valence-electron chi connectivity index (χ2n) is 3.97. The first kappa shape index (κ1) is 15.6. The third-order valence-electron chi connectivity index (χ3n) is 2.48. The lowest BCUT2D eigenvalue weighted by atomic mass is 10.3. The highest BCUT2D eigenvalue weighted by molar-refractivity contribution is 9.11. The summed E-state index contributed by atoms with van der Waals surface area (Å²) in [6, 6.07) is 3.80. The number of rotatable bonds is 4. The van der Waals surface area contributed by atoms with Crippen LogP contribution in [0.15, 0.2) is 33.3 Å². The van der Waals surface area contributed by atoms with Gasteiger partial charge in [0.1, 0.15) is 18.1 Å². The van der Waals surface area contributed by atoms with Crippen LogP contribution in [0.5, 0.6) is 0 Å². The molecule has 0 saturated heterocycles. The molecule has 0 atom stereocenters. The summed E-state index contributed by atoms with van der Waals surface area (Å²) < 4.78 is 14.9. The van der Waals surface area contributed by atoms with Crippen LogP contribution in [0.1, 0.15) is 10.5 Å². The van der Waals surface area contributed by atoms with Gasteiger partial charge >= 0.3 is 5.97 Å². The van der Waals surface area contributed by atoms with Crippen LogP contribution in [0.4, 0.5) is 10.1 Å². The van der Waals surface area contributed by atoms with E-state index in [4.69, 9.17) is 5.11 Å². The summed E-state index contributed by atoms with van der Waals surface area (Å²) in [5.41, 5.74) is 0.421. The molecule has 0 aliphatic rings. The molecule has 9 heteroatoms. The minimum Gasteiger partial charge on any atom is -0.480 e. The molecule has 2 N–H and O–H groups in total. The van der Waals surface area contributed by atoms with E-state index in [1.807, 2.05) is 0 Å². The molecule has 1 amide bonds. The smallest absolute Gasteiger partial charge is 0.325 e. The van der Waals surface area contributed by atoms with Crippen molar-refractivity contribution in [2.75, 3.05) is 5.32 Å². The predicted octanol–water partition coefficient (Wildman–Crippen LogP) is 2.88. The first-order valence-corrected chi connectivity index (χ1v) is 7.16. The maximum Gasteiger partial charge on any atom is 0.325 e. The van der Waals surface area contributed by atoms with Crippen molar-refractivity contribution in [3.63, 3.8) is 0 Å². The minimum absolute atomic E-state index is 0.0838. The topological polar surface area (TPSA) is 84.2 Å². The maximum absolute atomic E-state index is 13.2. The van der Waals surface area contributed by atoms with Crippen LogP contribution in [0, 0.1) is 5.82 Å². The average molecular weight is 421 g/mol. The molecule has 2 rings (SSSR count). The Bertz CT molecular complexity index is 695. The van der Waals surface area contributed by atoms with Crippen LogP contribution in [0.3, 0.4) is 0 Å². The number of carboxylic acids is 1. The zero-order valence-corrected chi connectivity index (χ0v) is 13.5. The molecular formula is C12H8Br2FN3O3. The molecule has 21 heavy (non-hydrogen) atoms. The van der Waals surface area contributed by atoms with Crippen molar-refractivity contribution in [3.05, 3.63) is 44.9 Å². The largest absolute Gasteiger partial charge is 0.480 e. The van der Waals surface area contributed by atoms with Gasteiger partial charge < -0.3 is 10.4 Å². The summed E-state index contributed by atoms with van der Waals surface area (Å²) in [6.45, 7) is -0.429. The summed E-state index contributed by atoms with van der Waals surface area (Å²) in [7, 11) is 0. The van der Waals surface area contributed by atoms with Gasteiger partial charge in [-0.3, -0.25) is 9.59 Å². The van der Waals surface area contributed by atoms with E-state index >= 15 is 0 Å². The van der Waals surface area contributed by atoms with Crippen molar-refractivity contribution in [3.8, 4) is 0 Å². The molecule has 0 bridgehead atoms. The van der Waals surface area contributed by atoms with Crippen LogP contribution < -0.4 is 5.32 Å². The van der Waals surface area contributed by atoms with E-state index in [2.05, 4.69) is 42.3 Å². The standard InChI is InChI=1S/C12H8Br2FN3O3/c13-7-3-6(15)4-8(14)11(7)17-12(21)9-1-2-16-18(9)5-10(19)20/h1-4H,5H2,(H,17,21)(H,19,20). The van der Waals surface area contributed by atoms with E-state index in [1.54, 1.807) is 0 Å². The lowest BCUT2D eigenvalue weighted by Gasteiger charge is -2.10. The number of benzene rings is 1. The zero-order chi connectivity index (χ0) is 15.6. The summed E-state index contributed by atoms with van der Waals surface area (Å²) in [4.78, 5) is 22.9. The van der Waals surface area contributed by atoms with E-state index in [1.165, 1.54) is 24.4 Å². The third kappa shape index (κ3) is 3.67. The van der Waals surface area contributed by atoms with Crippen molar-refractivity contribution in [2.24, 2.45) is 0 Å². The SMILES string of the molecule is O=C(O)Cn1nccc1C(=O)Nc1c(Br)cc(F)cc1Br. The highest BCUT2D eigenvalue weighted by atomic mass is 79.9. The Hall–Kier alpha value is -1.74. The van der Waals surface area contributed by atoms with Crippen molar-refractivity contribution in [1.82, 2.24) is 9.78 Å². The van der Waals surface area contributed by atoms with E-state index in [0.29, 0.717) is 14.6 Å². The van der Waals surface area contributed by atoms with Gasteiger partial charge in [0.15, 0.2) is 0 Å². The number of aliphatic carboxylic acids is 1. The molecule has 0 aliphatic carbocycles. The van der Waals surface area contributed by atoms with Gasteiger partial charge in [0, 0.05) is 15.1 Å². The molecule has 1 heterocycles. The molecule has 1 aromatic carbocycles. The van der Waals surface area contributed by atoms with Gasteiger partial charge in [0.05, 0.1) is 5.69 Å². The number of hydrogen-bond acceptors (Lipinski definition) is 3. The number of aromatic nitrogens is 2. The summed E-state index contributed by atoms with van der Waals surface area (Å²) in [6.07, 6.45) is 1.33. The summed E-state index contributed by atoms with van der Waals surface area (Å²) in [5.74, 6) is -2.14. The van der Waals surface area contributed by atoms with Crippen LogP contribution >= 0.6 is 31.9 Å². The molecule has 0 fully saturated rings. The molecule has 110 valence electrons. The van der Waals surface area contributed by atoms with Crippen molar-refractivity contribution in [2.45, 2.75) is 6.54 Å². The second-order valence-corrected chi connectivity index (χ2v) is 5.68. The Morgan fingerprint density at radius 2 is 1.95 bits per heavy atom. The Morgan fingerprint density at radius 3 is 2.52 bits per heavy atom. The third-order valence-corrected chi connectivity index (χ3v) is 3.73. The van der Waals surface area contributed by atoms with Crippen LogP contribution in [-0.2, 0) is 11.3 Å². The quantitative estimate of drug-likeness (QED) is 0.796. The number of carbonyl (C=O) groups excluding carboxylic acids is 1. The molecule has 0 radical (unpaired) electrons. The number of halogens is 3. The van der Waals surface area contributed by atoms with E-state index < -0.39 is 24.2 Å². The first-order valence-electron chi connectivity index (χ1n) is 5.58. The van der Waals surface area contributed by atoms with Crippen LogP contribution in [0.25, 0.3) is 0 Å². The number of nitrogens with one attached hydrogen (secondary N) is 1. The van der Waals surface area contributed by atoms with Crippen molar-refractivity contribution in [1.29, 1.82) is 0 Å². The van der Waals surface area contributed by atoms with Gasteiger partial charge in [-0.2, -0.15) is 5.10 Å². The molecule has 6 nitrogen and oxygen atoms in total. The molecule has 0 saturated carbocycles. The number of hydrogen-bond donors (Lipinski definition) is 2. The van der Waals surface area contributed by atoms with Gasteiger partial charge in [-0.1, -0.05) is 0 Å². The summed E-state index contributed by atoms with van der Waals surface area (Å²) >= 11 is 6.29. The fraction of sp³-hybridized carbons (Fsp3) is 0.0833. The number of carbonyl (C=O) groups is 2. The molecule has 1 aromatic heterocycles. The molecular weight excluding hydrogens is 413 g/mol. The minimum atomic E-state index is -1.11. The highest BCUT2D eigenvalue weighted by Gasteiger charge is 2.17. The van der Waals surface area contributed by atoms with Gasteiger partial charge in [-0.25, -0.2) is 9.07 Å². The number of carboxylic acid groups (broad SMARTS) is 1. The monoisotopic (exact) mass is 419 g/mol. The fourth-order valence-electron chi connectivity index (χ4n) is 1.62. The molecule has 0 aliphatic heterocycles. The van der Waals surface area contributed by atoms with E-state index in [9.17, 15) is 14.0 Å². The van der Waals surface area contributed by atoms with Crippen molar-refractivity contribution < 1.29 is 19.1 Å². The average Bonchev–Trinajstić information content (AvgIpc) is 2.80. The van der Waals surface area contributed by atoms with Crippen LogP contribution in [-0.4, -0.2) is 26.8 Å². The van der Waals surface area contributed by atoms with Crippen LogP contribution in [0.2, 0.25) is 0 Å². The normalized spacial score (nSPS) is 10.4. The number of amides is 1. The first-order chi connectivity index (χ1) is 9.88. The lowest BCUT2D eigenvalue weighted by Crippen LogP contribution is -2.21. The fourth-order valence-corrected chi connectivity index (χ4v) is 2.95. The van der Waals surface area contributed by atoms with Gasteiger partial charge in [-0.15, -0.1) is 0 Å². The Balaban J connectivity index is 2.27. The second kappa shape index (κ2) is 6.35. The summed E-state index contributed by atoms with van der Waals surface area (Å²) in [5, 5.41) is 15.1. The number of anilines is 1. The highest BCUT2D eigenvalue weighted by Crippen LogP contribution is 2.32. The van der Waals surface area contributed by atoms with Crippen molar-refractivity contribution >= 4 is 49.4 Å². The zero-order valence-electron chi connectivity index (χ0n) is 10.3. The van der Waals surface area contributed by atoms with E-state index in [0.717, 1.165) is 4.68 Å². The van der Waals surface area contributed by atoms with E-state index in [-0.39, 0.29) is 5.69 Å². The Morgan fingerprint density at radius 1 is 1.33 bits per heavy atom. The van der Waals surface area contributed by atoms with Gasteiger partial charge in [0.2, 0.25) is 0 Å². The maximum atomic E-state index is 13.2. The Labute approximate surface area is 135 Å². The predicted molar refractivity (Wildman–Crippen MR) is 79.6 cm³/mol. The molecule has 0 unspecified atom stereocenters.